The summed E-state index contributed by atoms with van der Waals surface area (Å²) in [5.41, 5.74) is 5.73. The van der Waals surface area contributed by atoms with E-state index in [-0.39, 0.29) is 0 Å². The number of nitrogens with zero attached hydrogens (tertiary/aromatic N) is 1. The molecular weight excluding hydrogens is 236 g/mol. The third-order valence-electron chi connectivity index (χ3n) is 3.21. The van der Waals surface area contributed by atoms with E-state index in [2.05, 4.69) is 4.90 Å². The second-order valence-electron chi connectivity index (χ2n) is 4.37. The predicted molar refractivity (Wildman–Crippen MR) is 70.6 cm³/mol. The van der Waals surface area contributed by atoms with E-state index < -0.39 is 0 Å². The average Bonchev–Trinajstić information content (AvgIpc) is 2.77. The number of hydrogen-bond donors (Lipinski definition) is 1. The van der Waals surface area contributed by atoms with E-state index in [0.717, 1.165) is 25.4 Å². The molecule has 3 nitrogen and oxygen atoms in total. The number of ether oxygens (including phenoxy) is 1. The maximum absolute atomic E-state index is 5.89. The van der Waals surface area contributed by atoms with Gasteiger partial charge in [0.1, 0.15) is 12.4 Å². The Morgan fingerprint density at radius 3 is 3.12 bits per heavy atom. The highest BCUT2D eigenvalue weighted by atomic mass is 35.5. The van der Waals surface area contributed by atoms with Crippen LogP contribution in [0.1, 0.15) is 12.8 Å². The Balaban J connectivity index is 1.76. The van der Waals surface area contributed by atoms with Crippen LogP contribution < -0.4 is 10.5 Å². The number of benzene rings is 1. The molecule has 0 aliphatic carbocycles. The van der Waals surface area contributed by atoms with Crippen LogP contribution in [0.5, 0.6) is 5.75 Å². The third kappa shape index (κ3) is 3.60. The van der Waals surface area contributed by atoms with Crippen molar-refractivity contribution >= 4 is 11.6 Å². The molecule has 1 saturated heterocycles. The van der Waals surface area contributed by atoms with Crippen molar-refractivity contribution in [2.45, 2.75) is 18.9 Å². The molecule has 1 aromatic rings. The van der Waals surface area contributed by atoms with Crippen molar-refractivity contribution in [2.24, 2.45) is 5.73 Å². The summed E-state index contributed by atoms with van der Waals surface area (Å²) >= 11 is 5.89. The Bertz CT molecular complexity index is 359. The Morgan fingerprint density at radius 2 is 2.35 bits per heavy atom. The minimum Gasteiger partial charge on any atom is -0.492 e. The van der Waals surface area contributed by atoms with E-state index in [4.69, 9.17) is 22.1 Å². The maximum Gasteiger partial charge on any atom is 0.120 e. The van der Waals surface area contributed by atoms with Gasteiger partial charge in [-0.1, -0.05) is 17.7 Å². The molecule has 2 rings (SSSR count). The topological polar surface area (TPSA) is 38.5 Å². The van der Waals surface area contributed by atoms with Crippen LogP contribution >= 0.6 is 11.6 Å². The second-order valence-corrected chi connectivity index (χ2v) is 4.81. The van der Waals surface area contributed by atoms with Gasteiger partial charge in [0.05, 0.1) is 0 Å². The summed E-state index contributed by atoms with van der Waals surface area (Å²) in [6.07, 6.45) is 2.46. The second kappa shape index (κ2) is 6.24. The molecule has 4 heteroatoms. The smallest absolute Gasteiger partial charge is 0.120 e. The minimum absolute atomic E-state index is 0.540. The summed E-state index contributed by atoms with van der Waals surface area (Å²) in [4.78, 5) is 2.41. The molecule has 17 heavy (non-hydrogen) atoms. The SMILES string of the molecule is NCC1CCCN1CCOc1cccc(Cl)c1. The lowest BCUT2D eigenvalue weighted by molar-refractivity contribution is 0.199. The zero-order chi connectivity index (χ0) is 12.1. The average molecular weight is 255 g/mol. The first kappa shape index (κ1) is 12.7. The first-order chi connectivity index (χ1) is 8.29. The van der Waals surface area contributed by atoms with Crippen molar-refractivity contribution < 1.29 is 4.74 Å². The first-order valence-corrected chi connectivity index (χ1v) is 6.50. The van der Waals surface area contributed by atoms with Crippen molar-refractivity contribution in [1.29, 1.82) is 0 Å². The highest BCUT2D eigenvalue weighted by Crippen LogP contribution is 2.18. The largest absolute Gasteiger partial charge is 0.492 e. The Labute approximate surface area is 107 Å². The molecular formula is C13H19ClN2O. The lowest BCUT2D eigenvalue weighted by atomic mass is 10.2. The van der Waals surface area contributed by atoms with Crippen LogP contribution in [0, 0.1) is 0 Å². The van der Waals surface area contributed by atoms with E-state index in [1.807, 2.05) is 24.3 Å². The molecule has 1 heterocycles. The van der Waals surface area contributed by atoms with Crippen molar-refractivity contribution in [2.75, 3.05) is 26.2 Å². The Morgan fingerprint density at radius 1 is 1.47 bits per heavy atom. The molecule has 1 atom stereocenters. The molecule has 1 aliphatic heterocycles. The molecule has 0 spiro atoms. The van der Waals surface area contributed by atoms with Crippen LogP contribution in [0.4, 0.5) is 0 Å². The fourth-order valence-corrected chi connectivity index (χ4v) is 2.47. The molecule has 0 bridgehead atoms. The van der Waals surface area contributed by atoms with E-state index >= 15 is 0 Å². The van der Waals surface area contributed by atoms with Gasteiger partial charge in [-0.15, -0.1) is 0 Å². The summed E-state index contributed by atoms with van der Waals surface area (Å²) < 4.78 is 5.67. The van der Waals surface area contributed by atoms with Gasteiger partial charge in [-0.05, 0) is 37.6 Å². The normalized spacial score (nSPS) is 20.7. The molecule has 0 saturated carbocycles. The number of hydrogen-bond acceptors (Lipinski definition) is 3. The summed E-state index contributed by atoms with van der Waals surface area (Å²) in [6.45, 7) is 3.52. The molecule has 0 radical (unpaired) electrons. The van der Waals surface area contributed by atoms with Gasteiger partial charge in [0.25, 0.3) is 0 Å². The summed E-state index contributed by atoms with van der Waals surface area (Å²) in [5, 5.41) is 0.712. The molecule has 0 aromatic heterocycles. The predicted octanol–water partition coefficient (Wildman–Crippen LogP) is 2.14. The molecule has 94 valence electrons. The fourth-order valence-electron chi connectivity index (χ4n) is 2.29. The summed E-state index contributed by atoms with van der Waals surface area (Å²) in [5.74, 6) is 0.834. The van der Waals surface area contributed by atoms with Crippen molar-refractivity contribution in [1.82, 2.24) is 4.90 Å². The van der Waals surface area contributed by atoms with Gasteiger partial charge < -0.3 is 10.5 Å². The highest BCUT2D eigenvalue weighted by molar-refractivity contribution is 6.30. The molecule has 1 aliphatic rings. The van der Waals surface area contributed by atoms with Crippen LogP contribution in [-0.4, -0.2) is 37.2 Å². The lowest BCUT2D eigenvalue weighted by Crippen LogP contribution is -2.37. The van der Waals surface area contributed by atoms with Gasteiger partial charge in [-0.3, -0.25) is 4.90 Å². The molecule has 1 unspecified atom stereocenters. The van der Waals surface area contributed by atoms with E-state index in [1.54, 1.807) is 0 Å². The number of halogens is 1. The Kier molecular flexibility index (Phi) is 4.66. The van der Waals surface area contributed by atoms with E-state index in [0.29, 0.717) is 17.7 Å². The first-order valence-electron chi connectivity index (χ1n) is 6.12. The number of nitrogens with two attached hydrogens (primary N) is 1. The standard InChI is InChI=1S/C13H19ClN2O/c14-11-3-1-5-13(9-11)17-8-7-16-6-2-4-12(16)10-15/h1,3,5,9,12H,2,4,6-8,10,15H2. The number of rotatable bonds is 5. The van der Waals surface area contributed by atoms with Gasteiger partial charge in [-0.2, -0.15) is 0 Å². The molecule has 1 fully saturated rings. The summed E-state index contributed by atoms with van der Waals surface area (Å²) in [7, 11) is 0. The monoisotopic (exact) mass is 254 g/mol. The zero-order valence-corrected chi connectivity index (χ0v) is 10.7. The van der Waals surface area contributed by atoms with Crippen LogP contribution in [0.25, 0.3) is 0 Å². The van der Waals surface area contributed by atoms with Gasteiger partial charge in [0, 0.05) is 24.2 Å². The lowest BCUT2D eigenvalue weighted by Gasteiger charge is -2.22. The van der Waals surface area contributed by atoms with E-state index in [1.165, 1.54) is 12.8 Å². The van der Waals surface area contributed by atoms with Gasteiger partial charge in [0.2, 0.25) is 0 Å². The van der Waals surface area contributed by atoms with Crippen molar-refractivity contribution in [3.63, 3.8) is 0 Å². The van der Waals surface area contributed by atoms with Crippen molar-refractivity contribution in [3.8, 4) is 5.75 Å². The van der Waals surface area contributed by atoms with Crippen LogP contribution in [0.2, 0.25) is 5.02 Å². The highest BCUT2D eigenvalue weighted by Gasteiger charge is 2.22. The quantitative estimate of drug-likeness (QED) is 0.875. The molecule has 2 N–H and O–H groups in total. The zero-order valence-electron chi connectivity index (χ0n) is 9.94. The van der Waals surface area contributed by atoms with Gasteiger partial charge in [0.15, 0.2) is 0 Å². The molecule has 0 amide bonds. The minimum atomic E-state index is 0.540. The third-order valence-corrected chi connectivity index (χ3v) is 3.45. The number of likely N-dealkylation sites (tertiary alicyclic amines) is 1. The van der Waals surface area contributed by atoms with E-state index in [9.17, 15) is 0 Å². The van der Waals surface area contributed by atoms with Crippen molar-refractivity contribution in [3.05, 3.63) is 29.3 Å². The van der Waals surface area contributed by atoms with Crippen LogP contribution in [0.15, 0.2) is 24.3 Å². The van der Waals surface area contributed by atoms with Crippen LogP contribution in [-0.2, 0) is 0 Å². The maximum atomic E-state index is 5.89. The van der Waals surface area contributed by atoms with Crippen LogP contribution in [0.3, 0.4) is 0 Å². The molecule has 1 aromatic carbocycles. The summed E-state index contributed by atoms with van der Waals surface area (Å²) in [6, 6.07) is 8.05. The van der Waals surface area contributed by atoms with Gasteiger partial charge >= 0.3 is 0 Å². The Hall–Kier alpha value is -0.770. The fraction of sp³-hybridized carbons (Fsp3) is 0.538. The van der Waals surface area contributed by atoms with Gasteiger partial charge in [-0.25, -0.2) is 0 Å².